The molecule has 0 bridgehead atoms. The minimum atomic E-state index is -0.711. The van der Waals surface area contributed by atoms with Crippen LogP contribution < -0.4 is 10.1 Å². The summed E-state index contributed by atoms with van der Waals surface area (Å²) in [5.74, 6) is -0.897. The van der Waals surface area contributed by atoms with Crippen molar-refractivity contribution in [2.45, 2.75) is 78.9 Å². The van der Waals surface area contributed by atoms with Gasteiger partial charge in [-0.15, -0.1) is 0 Å². The van der Waals surface area contributed by atoms with Gasteiger partial charge in [0.1, 0.15) is 22.6 Å². The summed E-state index contributed by atoms with van der Waals surface area (Å²) >= 11 is 0. The summed E-state index contributed by atoms with van der Waals surface area (Å²) in [7, 11) is 0. The van der Waals surface area contributed by atoms with Gasteiger partial charge in [-0.25, -0.2) is 9.59 Å². The zero-order chi connectivity index (χ0) is 28.0. The number of ketones is 1. The third-order valence-electron chi connectivity index (χ3n) is 5.47. The van der Waals surface area contributed by atoms with E-state index in [1.54, 1.807) is 53.4 Å². The van der Waals surface area contributed by atoms with E-state index in [2.05, 4.69) is 5.32 Å². The van der Waals surface area contributed by atoms with Gasteiger partial charge in [0.05, 0.1) is 10.5 Å². The van der Waals surface area contributed by atoms with Crippen LogP contribution in [-0.2, 0) is 14.3 Å². The van der Waals surface area contributed by atoms with Gasteiger partial charge in [-0.1, -0.05) is 0 Å². The molecule has 206 valence electrons. The van der Waals surface area contributed by atoms with Crippen LogP contribution in [0.2, 0.25) is 0 Å². The molecule has 1 saturated heterocycles. The number of amides is 1. The molecule has 1 N–H and O–H groups in total. The first kappa shape index (κ1) is 29.9. The maximum Gasteiger partial charge on any atom is 0.410 e. The largest absolute Gasteiger partial charge is 0.481 e. The second-order valence-corrected chi connectivity index (χ2v) is 11.1. The van der Waals surface area contributed by atoms with Crippen molar-refractivity contribution < 1.29 is 33.5 Å². The number of nitro groups is 1. The van der Waals surface area contributed by atoms with Gasteiger partial charge < -0.3 is 24.4 Å². The van der Waals surface area contributed by atoms with E-state index in [4.69, 9.17) is 14.2 Å². The number of hydrogen-bond acceptors (Lipinski definition) is 9. The molecule has 1 aliphatic rings. The highest BCUT2D eigenvalue weighted by Crippen LogP contribution is 2.35. The number of rotatable bonds is 9. The summed E-state index contributed by atoms with van der Waals surface area (Å²) in [5.41, 5.74) is -1.33. The molecule has 1 aromatic rings. The molecule has 1 heterocycles. The van der Waals surface area contributed by atoms with Gasteiger partial charge in [0.15, 0.2) is 12.4 Å². The Morgan fingerprint density at radius 3 is 2.16 bits per heavy atom. The number of Topliss-reactive ketones (excluding diaryl/α,β-unsaturated/α-hetero) is 1. The molecule has 0 spiro atoms. The minimum absolute atomic E-state index is 0.0163. The third-order valence-corrected chi connectivity index (χ3v) is 5.47. The Hall–Kier alpha value is -3.37. The first-order valence-corrected chi connectivity index (χ1v) is 12.5. The first-order valence-electron chi connectivity index (χ1n) is 12.5. The van der Waals surface area contributed by atoms with Gasteiger partial charge in [0.2, 0.25) is 0 Å². The Morgan fingerprint density at radius 1 is 1.05 bits per heavy atom. The number of nitrogens with one attached hydrogen (secondary N) is 1. The van der Waals surface area contributed by atoms with Crippen molar-refractivity contribution in [3.05, 3.63) is 27.8 Å². The van der Waals surface area contributed by atoms with Crippen LogP contribution in [0.1, 0.15) is 78.1 Å². The molecule has 1 fully saturated rings. The minimum Gasteiger partial charge on any atom is -0.481 e. The molecule has 0 aromatic heterocycles. The van der Waals surface area contributed by atoms with Crippen LogP contribution in [-0.4, -0.2) is 65.1 Å². The van der Waals surface area contributed by atoms with E-state index in [1.807, 2.05) is 0 Å². The second kappa shape index (κ2) is 12.2. The lowest BCUT2D eigenvalue weighted by Crippen LogP contribution is -2.42. The van der Waals surface area contributed by atoms with E-state index in [0.717, 1.165) is 0 Å². The second-order valence-electron chi connectivity index (χ2n) is 11.1. The molecule has 0 saturated carbocycles. The number of benzene rings is 1. The number of nitro benzene ring substituents is 1. The van der Waals surface area contributed by atoms with Crippen LogP contribution in [0, 0.1) is 16.0 Å². The summed E-state index contributed by atoms with van der Waals surface area (Å²) in [4.78, 5) is 50.6. The number of anilines is 1. The Labute approximate surface area is 218 Å². The standard InChI is InChI=1S/C26H39N3O8/c1-8-27-19-15-22(35-16-23(31)36-25(2,3)4)18(14-20(19)29(33)34)21(30)13-17-9-11-28(12-10-17)24(32)37-26(5,6)7/h14-15,17,27H,8-13,16H2,1-7H3. The molecule has 0 atom stereocenters. The number of carbonyl (C=O) groups excluding carboxylic acids is 3. The van der Waals surface area contributed by atoms with E-state index < -0.39 is 28.7 Å². The molecular weight excluding hydrogens is 482 g/mol. The van der Waals surface area contributed by atoms with Gasteiger partial charge >= 0.3 is 12.1 Å². The van der Waals surface area contributed by atoms with Gasteiger partial charge in [0.25, 0.3) is 5.69 Å². The van der Waals surface area contributed by atoms with Crippen molar-refractivity contribution in [1.29, 1.82) is 0 Å². The molecule has 1 amide bonds. The highest BCUT2D eigenvalue weighted by atomic mass is 16.6. The third kappa shape index (κ3) is 9.55. The number of nitrogens with zero attached hydrogens (tertiary/aromatic N) is 2. The number of likely N-dealkylation sites (tertiary alicyclic amines) is 1. The number of hydrogen-bond donors (Lipinski definition) is 1. The van der Waals surface area contributed by atoms with Crippen molar-refractivity contribution in [2.75, 3.05) is 31.6 Å². The SMILES string of the molecule is CCNc1cc(OCC(=O)OC(C)(C)C)c(C(=O)CC2CCN(C(=O)OC(C)(C)C)CC2)cc1[N+](=O)[O-]. The lowest BCUT2D eigenvalue weighted by molar-refractivity contribution is -0.384. The molecule has 0 unspecified atom stereocenters. The van der Waals surface area contributed by atoms with Crippen molar-refractivity contribution in [2.24, 2.45) is 5.92 Å². The molecular formula is C26H39N3O8. The maximum atomic E-state index is 13.3. The van der Waals surface area contributed by atoms with Crippen LogP contribution in [0.3, 0.4) is 0 Å². The number of carbonyl (C=O) groups is 3. The van der Waals surface area contributed by atoms with Crippen LogP contribution in [0.25, 0.3) is 0 Å². The predicted octanol–water partition coefficient (Wildman–Crippen LogP) is 4.97. The van der Waals surface area contributed by atoms with Crippen molar-refractivity contribution in [1.82, 2.24) is 4.90 Å². The molecule has 0 aliphatic carbocycles. The van der Waals surface area contributed by atoms with E-state index in [0.29, 0.717) is 32.5 Å². The van der Waals surface area contributed by atoms with E-state index in [1.165, 1.54) is 12.1 Å². The van der Waals surface area contributed by atoms with E-state index in [9.17, 15) is 24.5 Å². The highest BCUT2D eigenvalue weighted by molar-refractivity contribution is 6.00. The fourth-order valence-electron chi connectivity index (χ4n) is 3.91. The summed E-state index contributed by atoms with van der Waals surface area (Å²) in [6.45, 7) is 13.2. The number of ether oxygens (including phenoxy) is 3. The van der Waals surface area contributed by atoms with Crippen LogP contribution in [0.15, 0.2) is 12.1 Å². The van der Waals surface area contributed by atoms with Crippen molar-refractivity contribution in [3.8, 4) is 5.75 Å². The van der Waals surface area contributed by atoms with Crippen LogP contribution in [0.4, 0.5) is 16.2 Å². The predicted molar refractivity (Wildman–Crippen MR) is 138 cm³/mol. The maximum absolute atomic E-state index is 13.3. The van der Waals surface area contributed by atoms with Crippen molar-refractivity contribution >= 4 is 29.2 Å². The van der Waals surface area contributed by atoms with Gasteiger partial charge in [-0.05, 0) is 67.2 Å². The fraction of sp³-hybridized carbons (Fsp3) is 0.654. The van der Waals surface area contributed by atoms with Crippen LogP contribution >= 0.6 is 0 Å². The van der Waals surface area contributed by atoms with Crippen LogP contribution in [0.5, 0.6) is 5.75 Å². The topological polar surface area (TPSA) is 137 Å². The van der Waals surface area contributed by atoms with Gasteiger partial charge in [-0.3, -0.25) is 14.9 Å². The number of piperidine rings is 1. The summed E-state index contributed by atoms with van der Waals surface area (Å²) in [5, 5.41) is 14.6. The Kier molecular flexibility index (Phi) is 9.88. The highest BCUT2D eigenvalue weighted by Gasteiger charge is 2.30. The van der Waals surface area contributed by atoms with E-state index >= 15 is 0 Å². The average molecular weight is 522 g/mol. The molecule has 1 aliphatic heterocycles. The molecule has 11 nitrogen and oxygen atoms in total. The Bertz CT molecular complexity index is 1000. The monoisotopic (exact) mass is 521 g/mol. The molecule has 2 rings (SSSR count). The van der Waals surface area contributed by atoms with Gasteiger partial charge in [-0.2, -0.15) is 0 Å². The lowest BCUT2D eigenvalue weighted by atomic mass is 9.89. The fourth-order valence-corrected chi connectivity index (χ4v) is 3.91. The molecule has 11 heteroatoms. The zero-order valence-corrected chi connectivity index (χ0v) is 22.8. The Morgan fingerprint density at radius 2 is 1.65 bits per heavy atom. The molecule has 37 heavy (non-hydrogen) atoms. The summed E-state index contributed by atoms with van der Waals surface area (Å²) in [6.07, 6.45) is 0.931. The molecule has 1 aromatic carbocycles. The first-order chi connectivity index (χ1) is 17.1. The molecule has 0 radical (unpaired) electrons. The van der Waals surface area contributed by atoms with Gasteiger partial charge in [0, 0.05) is 38.2 Å². The van der Waals surface area contributed by atoms with Crippen molar-refractivity contribution in [3.63, 3.8) is 0 Å². The van der Waals surface area contributed by atoms with E-state index in [-0.39, 0.29) is 46.9 Å². The summed E-state index contributed by atoms with van der Waals surface area (Å²) in [6, 6.07) is 2.57. The number of esters is 1. The lowest BCUT2D eigenvalue weighted by Gasteiger charge is -2.33. The smallest absolute Gasteiger partial charge is 0.410 e. The quantitative estimate of drug-likeness (QED) is 0.207. The zero-order valence-electron chi connectivity index (χ0n) is 22.8. The Balaban J connectivity index is 2.19. The normalized spacial score (nSPS) is 14.6. The average Bonchev–Trinajstić information content (AvgIpc) is 2.75. The summed E-state index contributed by atoms with van der Waals surface area (Å²) < 4.78 is 16.3.